The van der Waals surface area contributed by atoms with E-state index in [0.717, 1.165) is 6.26 Å². The Labute approximate surface area is 99.5 Å². The Morgan fingerprint density at radius 1 is 1.41 bits per heavy atom. The average molecular weight is 259 g/mol. The molecule has 94 valence electrons. The first kappa shape index (κ1) is 13.6. The molecule has 0 spiro atoms. The minimum Gasteiger partial charge on any atom is -0.270 e. The molecule has 0 heterocycles. The summed E-state index contributed by atoms with van der Waals surface area (Å²) in [6.45, 7) is 1.62. The molecular weight excluding hydrogens is 246 g/mol. The summed E-state index contributed by atoms with van der Waals surface area (Å²) in [6.07, 6.45) is 1.29. The van der Waals surface area contributed by atoms with Gasteiger partial charge in [-0.25, -0.2) is 0 Å². The van der Waals surface area contributed by atoms with Crippen molar-refractivity contribution in [1.82, 2.24) is 0 Å². The summed E-state index contributed by atoms with van der Waals surface area (Å²) in [5.74, 6) is 0. The molecule has 0 N–H and O–H groups in total. The molecule has 0 saturated heterocycles. The van der Waals surface area contributed by atoms with Crippen LogP contribution in [0.25, 0.3) is 0 Å². The van der Waals surface area contributed by atoms with Crippen LogP contribution in [0.4, 0.5) is 5.69 Å². The summed E-state index contributed by atoms with van der Waals surface area (Å²) < 4.78 is 26.1. The molecule has 0 aliphatic heterocycles. The van der Waals surface area contributed by atoms with Gasteiger partial charge in [0.1, 0.15) is 0 Å². The minimum atomic E-state index is -3.47. The topological polar surface area (TPSA) is 86.5 Å². The van der Waals surface area contributed by atoms with Crippen molar-refractivity contribution >= 4 is 15.8 Å². The molecule has 0 unspecified atom stereocenters. The lowest BCUT2D eigenvalue weighted by atomic mass is 10.0. The number of rotatable bonds is 5. The molecule has 6 nitrogen and oxygen atoms in total. The van der Waals surface area contributed by atoms with Crippen LogP contribution in [0.15, 0.2) is 18.2 Å². The van der Waals surface area contributed by atoms with Crippen LogP contribution in [0.1, 0.15) is 11.1 Å². The molecule has 1 aromatic carbocycles. The van der Waals surface area contributed by atoms with E-state index in [1.165, 1.54) is 6.07 Å². The van der Waals surface area contributed by atoms with Gasteiger partial charge < -0.3 is 0 Å². The highest BCUT2D eigenvalue weighted by molar-refractivity contribution is 7.85. The maximum absolute atomic E-state index is 10.8. The maximum atomic E-state index is 10.8. The minimum absolute atomic E-state index is 0.0131. The highest BCUT2D eigenvalue weighted by atomic mass is 32.2. The van der Waals surface area contributed by atoms with E-state index in [1.54, 1.807) is 19.1 Å². The Morgan fingerprint density at radius 2 is 2.06 bits per heavy atom. The normalized spacial score (nSPS) is 11.4. The average Bonchev–Trinajstić information content (AvgIpc) is 2.18. The third-order valence-electron chi connectivity index (χ3n) is 2.28. The molecule has 7 heteroatoms. The number of nitro groups is 1. The van der Waals surface area contributed by atoms with Crippen molar-refractivity contribution in [3.05, 3.63) is 39.4 Å². The van der Waals surface area contributed by atoms with Crippen LogP contribution in [0.5, 0.6) is 0 Å². The molecule has 0 amide bonds. The highest BCUT2D eigenvalue weighted by Crippen LogP contribution is 2.21. The fourth-order valence-corrected chi connectivity index (χ4v) is 1.83. The predicted octanol–water partition coefficient (Wildman–Crippen LogP) is 1.42. The zero-order valence-corrected chi connectivity index (χ0v) is 10.4. The van der Waals surface area contributed by atoms with Gasteiger partial charge in [0.2, 0.25) is 0 Å². The van der Waals surface area contributed by atoms with Crippen LogP contribution in [0.3, 0.4) is 0 Å². The quantitative estimate of drug-likeness (QED) is 0.453. The number of nitrogens with zero attached hydrogens (tertiary/aromatic N) is 1. The van der Waals surface area contributed by atoms with E-state index in [9.17, 15) is 18.5 Å². The molecule has 0 radical (unpaired) electrons. The fraction of sp³-hybridized carbons (Fsp3) is 0.400. The van der Waals surface area contributed by atoms with E-state index >= 15 is 0 Å². The van der Waals surface area contributed by atoms with Gasteiger partial charge in [-0.15, -0.1) is 0 Å². The largest absolute Gasteiger partial charge is 0.272 e. The summed E-state index contributed by atoms with van der Waals surface area (Å²) in [5.41, 5.74) is 1.28. The van der Waals surface area contributed by atoms with Crippen LogP contribution < -0.4 is 0 Å². The monoisotopic (exact) mass is 259 g/mol. The molecule has 0 bridgehead atoms. The molecule has 0 atom stereocenters. The van der Waals surface area contributed by atoms with Gasteiger partial charge in [-0.3, -0.25) is 14.3 Å². The molecule has 0 fully saturated rings. The fourth-order valence-electron chi connectivity index (χ4n) is 1.44. The van der Waals surface area contributed by atoms with Crippen molar-refractivity contribution in [1.29, 1.82) is 0 Å². The lowest BCUT2D eigenvalue weighted by Crippen LogP contribution is -2.07. The maximum Gasteiger partial charge on any atom is 0.272 e. The SMILES string of the molecule is Cc1c(CCOS(C)(=O)=O)cccc1[N+](=O)[O-]. The van der Waals surface area contributed by atoms with Gasteiger partial charge in [0.25, 0.3) is 15.8 Å². The molecule has 1 rings (SSSR count). The first-order chi connectivity index (χ1) is 7.81. The molecule has 1 aromatic rings. The summed E-state index contributed by atoms with van der Waals surface area (Å²) >= 11 is 0. The predicted molar refractivity (Wildman–Crippen MR) is 62.3 cm³/mol. The third-order valence-corrected chi connectivity index (χ3v) is 2.88. The van der Waals surface area contributed by atoms with Crippen molar-refractivity contribution in [2.45, 2.75) is 13.3 Å². The van der Waals surface area contributed by atoms with Crippen LogP contribution >= 0.6 is 0 Å². The number of benzene rings is 1. The Bertz CT molecular complexity index is 523. The van der Waals surface area contributed by atoms with E-state index < -0.39 is 15.0 Å². The second-order valence-corrected chi connectivity index (χ2v) is 5.24. The second kappa shape index (κ2) is 5.24. The van der Waals surface area contributed by atoms with Crippen molar-refractivity contribution in [2.24, 2.45) is 0 Å². The highest BCUT2D eigenvalue weighted by Gasteiger charge is 2.13. The van der Waals surface area contributed by atoms with E-state index in [0.29, 0.717) is 17.5 Å². The first-order valence-electron chi connectivity index (χ1n) is 4.88. The Kier molecular flexibility index (Phi) is 4.19. The summed E-state index contributed by atoms with van der Waals surface area (Å²) in [6, 6.07) is 4.70. The Morgan fingerprint density at radius 3 is 2.59 bits per heavy atom. The van der Waals surface area contributed by atoms with Crippen molar-refractivity contribution < 1.29 is 17.5 Å². The van der Waals surface area contributed by atoms with E-state index in [-0.39, 0.29) is 12.3 Å². The van der Waals surface area contributed by atoms with Gasteiger partial charge >= 0.3 is 0 Å². The summed E-state index contributed by atoms with van der Waals surface area (Å²) in [7, 11) is -3.47. The molecular formula is C10H13NO5S. The number of hydrogen-bond acceptors (Lipinski definition) is 5. The van der Waals surface area contributed by atoms with E-state index in [1.807, 2.05) is 0 Å². The van der Waals surface area contributed by atoms with Crippen LogP contribution in [0.2, 0.25) is 0 Å². The summed E-state index contributed by atoms with van der Waals surface area (Å²) in [4.78, 5) is 10.2. The third kappa shape index (κ3) is 4.12. The van der Waals surface area contributed by atoms with Gasteiger partial charge in [0.15, 0.2) is 0 Å². The smallest absolute Gasteiger partial charge is 0.270 e. The Hall–Kier alpha value is -1.47. The van der Waals surface area contributed by atoms with Gasteiger partial charge in [-0.1, -0.05) is 12.1 Å². The first-order valence-corrected chi connectivity index (χ1v) is 6.70. The van der Waals surface area contributed by atoms with Crippen molar-refractivity contribution in [3.63, 3.8) is 0 Å². The molecule has 0 aliphatic carbocycles. The van der Waals surface area contributed by atoms with Crippen LogP contribution in [-0.4, -0.2) is 26.2 Å². The van der Waals surface area contributed by atoms with Gasteiger partial charge in [-0.2, -0.15) is 8.42 Å². The zero-order valence-electron chi connectivity index (χ0n) is 9.54. The van der Waals surface area contributed by atoms with Crippen LogP contribution in [-0.2, 0) is 20.7 Å². The van der Waals surface area contributed by atoms with Crippen molar-refractivity contribution in [3.8, 4) is 0 Å². The lowest BCUT2D eigenvalue weighted by Gasteiger charge is -2.05. The van der Waals surface area contributed by atoms with E-state index in [4.69, 9.17) is 0 Å². The molecule has 0 aromatic heterocycles. The van der Waals surface area contributed by atoms with E-state index in [2.05, 4.69) is 4.18 Å². The standard InChI is InChI=1S/C10H13NO5S/c1-8-9(6-7-16-17(2,14)15)4-3-5-10(8)11(12)13/h3-5H,6-7H2,1-2H3. The van der Waals surface area contributed by atoms with Crippen LogP contribution in [0, 0.1) is 17.0 Å². The molecule has 0 aliphatic rings. The molecule has 0 saturated carbocycles. The zero-order chi connectivity index (χ0) is 13.1. The number of nitro benzene ring substituents is 1. The van der Waals surface area contributed by atoms with Crippen molar-refractivity contribution in [2.75, 3.05) is 12.9 Å². The lowest BCUT2D eigenvalue weighted by molar-refractivity contribution is -0.385. The van der Waals surface area contributed by atoms with Gasteiger partial charge in [0, 0.05) is 11.6 Å². The Balaban J connectivity index is 2.79. The van der Waals surface area contributed by atoms with Gasteiger partial charge in [-0.05, 0) is 18.9 Å². The van der Waals surface area contributed by atoms with Gasteiger partial charge in [0.05, 0.1) is 17.8 Å². The molecule has 17 heavy (non-hydrogen) atoms. The second-order valence-electron chi connectivity index (χ2n) is 3.59. The number of hydrogen-bond donors (Lipinski definition) is 0. The summed E-state index contributed by atoms with van der Waals surface area (Å²) in [5, 5.41) is 10.7.